The highest BCUT2D eigenvalue weighted by atomic mass is 16.5. The van der Waals surface area contributed by atoms with Crippen molar-refractivity contribution in [1.29, 1.82) is 0 Å². The molecular weight excluding hydrogens is 264 g/mol. The number of likely N-dealkylation sites (tertiary alicyclic amines) is 1. The number of methoxy groups -OCH3 is 1. The zero-order valence-electron chi connectivity index (χ0n) is 11.7. The summed E-state index contributed by atoms with van der Waals surface area (Å²) >= 11 is 0. The zero-order chi connectivity index (χ0) is 14.9. The van der Waals surface area contributed by atoms with E-state index in [-0.39, 0.29) is 17.9 Å². The Hall–Kier alpha value is -1.79. The van der Waals surface area contributed by atoms with Crippen LogP contribution in [0.1, 0.15) is 32.6 Å². The normalized spacial score (nSPS) is 29.1. The van der Waals surface area contributed by atoms with E-state index in [9.17, 15) is 19.5 Å². The van der Waals surface area contributed by atoms with E-state index in [1.807, 2.05) is 0 Å². The van der Waals surface area contributed by atoms with Gasteiger partial charge in [-0.1, -0.05) is 6.92 Å². The van der Waals surface area contributed by atoms with Crippen molar-refractivity contribution in [2.45, 2.75) is 50.7 Å². The molecule has 0 spiro atoms. The molecule has 1 aliphatic carbocycles. The van der Waals surface area contributed by atoms with Crippen molar-refractivity contribution in [3.63, 3.8) is 0 Å². The van der Waals surface area contributed by atoms with Gasteiger partial charge in [0.25, 0.3) is 0 Å². The Morgan fingerprint density at radius 2 is 2.10 bits per heavy atom. The Kier molecular flexibility index (Phi) is 4.15. The van der Waals surface area contributed by atoms with Gasteiger partial charge in [-0.15, -0.1) is 0 Å². The molecular formula is C13H20N2O5. The van der Waals surface area contributed by atoms with Crippen LogP contribution in [0.15, 0.2) is 0 Å². The number of amides is 2. The van der Waals surface area contributed by atoms with Gasteiger partial charge < -0.3 is 20.1 Å². The number of rotatable bonds is 4. The smallest absolute Gasteiger partial charge is 0.407 e. The van der Waals surface area contributed by atoms with Crippen LogP contribution >= 0.6 is 0 Å². The molecule has 2 bridgehead atoms. The largest absolute Gasteiger partial charge is 0.480 e. The Morgan fingerprint density at radius 1 is 1.40 bits per heavy atom. The van der Waals surface area contributed by atoms with Crippen LogP contribution in [-0.2, 0) is 14.3 Å². The first-order valence-corrected chi connectivity index (χ1v) is 6.89. The second kappa shape index (κ2) is 5.68. The number of hydrogen-bond acceptors (Lipinski definition) is 4. The summed E-state index contributed by atoms with van der Waals surface area (Å²) in [5, 5.41) is 11.8. The fourth-order valence-corrected chi connectivity index (χ4v) is 3.34. The average Bonchev–Trinajstić information content (AvgIpc) is 3.03. The number of piperidine rings is 1. The molecule has 7 heteroatoms. The molecule has 1 saturated heterocycles. The van der Waals surface area contributed by atoms with Gasteiger partial charge in [-0.2, -0.15) is 0 Å². The molecule has 112 valence electrons. The molecule has 1 saturated carbocycles. The topological polar surface area (TPSA) is 95.9 Å². The van der Waals surface area contributed by atoms with Crippen molar-refractivity contribution >= 4 is 18.0 Å². The Bertz CT molecular complexity index is 425. The minimum atomic E-state index is -0.960. The highest BCUT2D eigenvalue weighted by Crippen LogP contribution is 2.42. The molecule has 0 aromatic rings. The van der Waals surface area contributed by atoms with Crippen molar-refractivity contribution in [3.8, 4) is 0 Å². The highest BCUT2D eigenvalue weighted by molar-refractivity contribution is 5.90. The third kappa shape index (κ3) is 2.44. The number of alkyl carbamates (subject to hydrolysis) is 1. The van der Waals surface area contributed by atoms with E-state index in [0.29, 0.717) is 6.42 Å². The summed E-state index contributed by atoms with van der Waals surface area (Å²) in [4.78, 5) is 36.6. The van der Waals surface area contributed by atoms with E-state index in [1.165, 1.54) is 12.0 Å². The average molecular weight is 284 g/mol. The third-order valence-electron chi connectivity index (χ3n) is 4.28. The highest BCUT2D eigenvalue weighted by Gasteiger charge is 2.52. The molecule has 7 nitrogen and oxygen atoms in total. The molecule has 2 fully saturated rings. The molecule has 1 heterocycles. The second-order valence-corrected chi connectivity index (χ2v) is 5.35. The molecule has 2 rings (SSSR count). The molecule has 0 radical (unpaired) electrons. The number of aliphatic carboxylic acids is 1. The number of carbonyl (C=O) groups excluding carboxylic acids is 2. The molecule has 1 aliphatic heterocycles. The van der Waals surface area contributed by atoms with Gasteiger partial charge in [-0.05, 0) is 31.6 Å². The lowest BCUT2D eigenvalue weighted by molar-refractivity contribution is -0.153. The van der Waals surface area contributed by atoms with Gasteiger partial charge in [0.05, 0.1) is 7.11 Å². The lowest BCUT2D eigenvalue weighted by Crippen LogP contribution is -2.56. The van der Waals surface area contributed by atoms with Crippen molar-refractivity contribution < 1.29 is 24.2 Å². The summed E-state index contributed by atoms with van der Waals surface area (Å²) in [5.41, 5.74) is 0. The lowest BCUT2D eigenvalue weighted by atomic mass is 9.98. The SMILES string of the molecule is CCC(NC(=O)OC)C(=O)N1C2CCC(C2)C1C(=O)O. The zero-order valence-corrected chi connectivity index (χ0v) is 11.7. The van der Waals surface area contributed by atoms with Gasteiger partial charge in [0, 0.05) is 6.04 Å². The molecule has 2 amide bonds. The van der Waals surface area contributed by atoms with Crippen LogP contribution in [0.2, 0.25) is 0 Å². The number of ether oxygens (including phenoxy) is 1. The number of carbonyl (C=O) groups is 3. The van der Waals surface area contributed by atoms with Crippen molar-refractivity contribution in [3.05, 3.63) is 0 Å². The van der Waals surface area contributed by atoms with Crippen LogP contribution in [0.3, 0.4) is 0 Å². The maximum absolute atomic E-state index is 12.5. The molecule has 20 heavy (non-hydrogen) atoms. The number of carboxylic acids is 1. The predicted molar refractivity (Wildman–Crippen MR) is 69.0 cm³/mol. The van der Waals surface area contributed by atoms with E-state index >= 15 is 0 Å². The van der Waals surface area contributed by atoms with Crippen LogP contribution in [0.5, 0.6) is 0 Å². The maximum atomic E-state index is 12.5. The number of carboxylic acid groups (broad SMARTS) is 1. The molecule has 4 unspecified atom stereocenters. The summed E-state index contributed by atoms with van der Waals surface area (Å²) in [6.45, 7) is 1.77. The van der Waals surface area contributed by atoms with Crippen LogP contribution in [0.25, 0.3) is 0 Å². The standard InChI is InChI=1S/C13H20N2O5/c1-3-9(14-13(19)20-2)11(16)15-8-5-4-7(6-8)10(15)12(17)18/h7-10H,3-6H2,1-2H3,(H,14,19)(H,17,18). The van der Waals surface area contributed by atoms with E-state index in [0.717, 1.165) is 19.3 Å². The Labute approximate surface area is 117 Å². The van der Waals surface area contributed by atoms with Gasteiger partial charge in [-0.25, -0.2) is 9.59 Å². The molecule has 2 N–H and O–H groups in total. The monoisotopic (exact) mass is 284 g/mol. The van der Waals surface area contributed by atoms with Crippen LogP contribution in [-0.4, -0.2) is 53.2 Å². The fourth-order valence-electron chi connectivity index (χ4n) is 3.34. The predicted octanol–water partition coefficient (Wildman–Crippen LogP) is 0.585. The first-order valence-electron chi connectivity index (χ1n) is 6.89. The molecule has 2 aliphatic rings. The van der Waals surface area contributed by atoms with Crippen molar-refractivity contribution in [2.24, 2.45) is 5.92 Å². The van der Waals surface area contributed by atoms with E-state index < -0.39 is 24.1 Å². The summed E-state index contributed by atoms with van der Waals surface area (Å²) in [6, 6.07) is -1.50. The fraction of sp³-hybridized carbons (Fsp3) is 0.769. The van der Waals surface area contributed by atoms with Crippen LogP contribution < -0.4 is 5.32 Å². The summed E-state index contributed by atoms with van der Waals surface area (Å²) in [6.07, 6.45) is 2.16. The number of nitrogens with zero attached hydrogens (tertiary/aromatic N) is 1. The van der Waals surface area contributed by atoms with Gasteiger partial charge in [-0.3, -0.25) is 4.79 Å². The Balaban J connectivity index is 2.13. The van der Waals surface area contributed by atoms with Crippen molar-refractivity contribution in [2.75, 3.05) is 7.11 Å². The molecule has 4 atom stereocenters. The summed E-state index contributed by atoms with van der Waals surface area (Å²) in [7, 11) is 1.23. The van der Waals surface area contributed by atoms with Crippen LogP contribution in [0.4, 0.5) is 4.79 Å². The van der Waals surface area contributed by atoms with Gasteiger partial charge in [0.1, 0.15) is 12.1 Å². The van der Waals surface area contributed by atoms with E-state index in [2.05, 4.69) is 10.1 Å². The first kappa shape index (κ1) is 14.6. The number of hydrogen-bond donors (Lipinski definition) is 2. The van der Waals surface area contributed by atoms with Crippen LogP contribution in [0, 0.1) is 5.92 Å². The maximum Gasteiger partial charge on any atom is 0.407 e. The van der Waals surface area contributed by atoms with Crippen molar-refractivity contribution in [1.82, 2.24) is 10.2 Å². The third-order valence-corrected chi connectivity index (χ3v) is 4.28. The lowest BCUT2D eigenvalue weighted by Gasteiger charge is -2.35. The van der Waals surface area contributed by atoms with Gasteiger partial charge >= 0.3 is 12.1 Å². The summed E-state index contributed by atoms with van der Waals surface area (Å²) < 4.78 is 4.49. The number of fused-ring (bicyclic) bond motifs is 2. The first-order chi connectivity index (χ1) is 9.49. The van der Waals surface area contributed by atoms with Gasteiger partial charge in [0.15, 0.2) is 0 Å². The van der Waals surface area contributed by atoms with E-state index in [4.69, 9.17) is 0 Å². The number of nitrogens with one attached hydrogen (secondary N) is 1. The summed E-state index contributed by atoms with van der Waals surface area (Å²) in [5.74, 6) is -1.24. The van der Waals surface area contributed by atoms with E-state index in [1.54, 1.807) is 6.92 Å². The second-order valence-electron chi connectivity index (χ2n) is 5.35. The molecule has 0 aromatic heterocycles. The minimum Gasteiger partial charge on any atom is -0.480 e. The minimum absolute atomic E-state index is 0.0119. The molecule has 0 aromatic carbocycles. The quantitative estimate of drug-likeness (QED) is 0.787. The Morgan fingerprint density at radius 3 is 2.65 bits per heavy atom. The van der Waals surface area contributed by atoms with Gasteiger partial charge in [0.2, 0.25) is 5.91 Å².